The number of nitro groups is 1. The number of nitro benzene ring substituents is 1. The molecule has 1 atom stereocenters. The molecule has 5 nitrogen and oxygen atoms in total. The van der Waals surface area contributed by atoms with Crippen molar-refractivity contribution < 1.29 is 9.66 Å². The maximum atomic E-state index is 10.6. The SMILES string of the molecule is COCC(Nc1ccc([N+](=O)[O-])cc1Cl)C1CC1. The van der Waals surface area contributed by atoms with E-state index in [0.717, 1.165) is 5.69 Å². The van der Waals surface area contributed by atoms with Gasteiger partial charge in [-0.1, -0.05) is 11.6 Å². The Morgan fingerprint density at radius 2 is 2.33 bits per heavy atom. The van der Waals surface area contributed by atoms with E-state index in [-0.39, 0.29) is 11.7 Å². The van der Waals surface area contributed by atoms with Gasteiger partial charge in [0, 0.05) is 19.2 Å². The molecule has 1 aliphatic rings. The number of anilines is 1. The van der Waals surface area contributed by atoms with Gasteiger partial charge in [0.15, 0.2) is 0 Å². The Bertz CT molecular complexity index is 449. The fourth-order valence-electron chi connectivity index (χ4n) is 1.91. The maximum absolute atomic E-state index is 10.6. The maximum Gasteiger partial charge on any atom is 0.271 e. The van der Waals surface area contributed by atoms with Crippen molar-refractivity contribution >= 4 is 23.0 Å². The first kappa shape index (κ1) is 13.1. The molecule has 1 aromatic rings. The highest BCUT2D eigenvalue weighted by Crippen LogP contribution is 2.36. The highest BCUT2D eigenvalue weighted by atomic mass is 35.5. The number of ether oxygens (including phenoxy) is 1. The van der Waals surface area contributed by atoms with E-state index in [4.69, 9.17) is 16.3 Å². The number of benzene rings is 1. The van der Waals surface area contributed by atoms with Crippen LogP contribution in [0, 0.1) is 16.0 Å². The Morgan fingerprint density at radius 3 is 2.83 bits per heavy atom. The van der Waals surface area contributed by atoms with Crippen LogP contribution in [0.4, 0.5) is 11.4 Å². The quantitative estimate of drug-likeness (QED) is 0.637. The van der Waals surface area contributed by atoms with E-state index in [1.54, 1.807) is 13.2 Å². The van der Waals surface area contributed by atoms with Gasteiger partial charge >= 0.3 is 0 Å². The number of nitrogens with zero attached hydrogens (tertiary/aromatic N) is 1. The molecule has 6 heteroatoms. The van der Waals surface area contributed by atoms with Gasteiger partial charge in [-0.3, -0.25) is 10.1 Å². The molecule has 0 heterocycles. The molecule has 1 fully saturated rings. The van der Waals surface area contributed by atoms with Crippen molar-refractivity contribution in [3.63, 3.8) is 0 Å². The van der Waals surface area contributed by atoms with Crippen molar-refractivity contribution in [2.75, 3.05) is 19.0 Å². The van der Waals surface area contributed by atoms with Crippen LogP contribution in [0.3, 0.4) is 0 Å². The first-order valence-corrected chi connectivity index (χ1v) is 6.19. The molecule has 1 N–H and O–H groups in total. The average Bonchev–Trinajstić information content (AvgIpc) is 3.14. The summed E-state index contributed by atoms with van der Waals surface area (Å²) in [6.45, 7) is 0.609. The Hall–Kier alpha value is -1.33. The minimum atomic E-state index is -0.455. The zero-order valence-corrected chi connectivity index (χ0v) is 10.8. The molecule has 1 saturated carbocycles. The van der Waals surface area contributed by atoms with Crippen molar-refractivity contribution in [3.8, 4) is 0 Å². The molecule has 98 valence electrons. The van der Waals surface area contributed by atoms with Gasteiger partial charge in [0.2, 0.25) is 0 Å². The number of rotatable bonds is 6. The largest absolute Gasteiger partial charge is 0.383 e. The standard InChI is InChI=1S/C12H15ClN2O3/c1-18-7-12(8-2-3-8)14-11-5-4-9(15(16)17)6-10(11)13/h4-6,8,12,14H,2-3,7H2,1H3. The molecule has 0 amide bonds. The third kappa shape index (κ3) is 3.11. The van der Waals surface area contributed by atoms with Crippen LogP contribution in [-0.2, 0) is 4.74 Å². The Balaban J connectivity index is 2.10. The molecule has 18 heavy (non-hydrogen) atoms. The van der Waals surface area contributed by atoms with Crippen molar-refractivity contribution in [2.24, 2.45) is 5.92 Å². The molecule has 1 aliphatic carbocycles. The van der Waals surface area contributed by atoms with E-state index in [1.165, 1.54) is 25.0 Å². The number of nitrogens with one attached hydrogen (secondary N) is 1. The van der Waals surface area contributed by atoms with E-state index < -0.39 is 4.92 Å². The molecule has 0 spiro atoms. The minimum Gasteiger partial charge on any atom is -0.383 e. The predicted molar refractivity (Wildman–Crippen MR) is 70.1 cm³/mol. The topological polar surface area (TPSA) is 64.4 Å². The number of halogens is 1. The van der Waals surface area contributed by atoms with Crippen LogP contribution in [0.15, 0.2) is 18.2 Å². The summed E-state index contributed by atoms with van der Waals surface area (Å²) >= 11 is 6.04. The van der Waals surface area contributed by atoms with E-state index in [2.05, 4.69) is 5.32 Å². The van der Waals surface area contributed by atoms with Gasteiger partial charge in [-0.25, -0.2) is 0 Å². The van der Waals surface area contributed by atoms with Crippen molar-refractivity contribution in [1.82, 2.24) is 0 Å². The fourth-order valence-corrected chi connectivity index (χ4v) is 2.14. The summed E-state index contributed by atoms with van der Waals surface area (Å²) in [7, 11) is 1.66. The van der Waals surface area contributed by atoms with Crippen molar-refractivity contribution in [2.45, 2.75) is 18.9 Å². The molecule has 2 rings (SSSR count). The lowest BCUT2D eigenvalue weighted by Gasteiger charge is -2.19. The third-order valence-corrected chi connectivity index (χ3v) is 3.35. The Labute approximate surface area is 110 Å². The predicted octanol–water partition coefficient (Wildman–Crippen LogP) is 3.09. The molecule has 0 aliphatic heterocycles. The summed E-state index contributed by atoms with van der Waals surface area (Å²) in [4.78, 5) is 10.2. The highest BCUT2D eigenvalue weighted by Gasteiger charge is 2.31. The lowest BCUT2D eigenvalue weighted by atomic mass is 10.2. The van der Waals surface area contributed by atoms with Crippen molar-refractivity contribution in [3.05, 3.63) is 33.3 Å². The number of non-ortho nitro benzene ring substituents is 1. The number of hydrogen-bond acceptors (Lipinski definition) is 4. The second-order valence-corrected chi connectivity index (χ2v) is 4.87. The van der Waals surface area contributed by atoms with Gasteiger partial charge in [-0.05, 0) is 24.8 Å². The number of methoxy groups -OCH3 is 1. The molecule has 0 aromatic heterocycles. The fraction of sp³-hybridized carbons (Fsp3) is 0.500. The zero-order valence-electron chi connectivity index (χ0n) is 10.1. The summed E-state index contributed by atoms with van der Waals surface area (Å²) in [5.41, 5.74) is 0.719. The molecular formula is C12H15ClN2O3. The van der Waals surface area contributed by atoms with Crippen LogP contribution in [0.25, 0.3) is 0 Å². The lowest BCUT2D eigenvalue weighted by Crippen LogP contribution is -2.27. The molecule has 1 unspecified atom stereocenters. The summed E-state index contributed by atoms with van der Waals surface area (Å²) in [5, 5.41) is 14.3. The first-order valence-electron chi connectivity index (χ1n) is 5.81. The van der Waals surface area contributed by atoms with E-state index in [0.29, 0.717) is 17.5 Å². The summed E-state index contributed by atoms with van der Waals surface area (Å²) in [5.74, 6) is 0.608. The van der Waals surface area contributed by atoms with Gasteiger partial charge in [0.25, 0.3) is 5.69 Å². The summed E-state index contributed by atoms with van der Waals surface area (Å²) < 4.78 is 5.17. The average molecular weight is 271 g/mol. The van der Waals surface area contributed by atoms with Crippen LogP contribution in [0.5, 0.6) is 0 Å². The Kier molecular flexibility index (Phi) is 4.04. The zero-order chi connectivity index (χ0) is 13.1. The number of hydrogen-bond donors (Lipinski definition) is 1. The van der Waals surface area contributed by atoms with Crippen LogP contribution in [-0.4, -0.2) is 24.7 Å². The normalized spacial score (nSPS) is 16.3. The van der Waals surface area contributed by atoms with Crippen LogP contribution in [0.1, 0.15) is 12.8 Å². The van der Waals surface area contributed by atoms with Gasteiger partial charge < -0.3 is 10.1 Å². The van der Waals surface area contributed by atoms with Gasteiger partial charge in [0.1, 0.15) is 0 Å². The third-order valence-electron chi connectivity index (χ3n) is 3.04. The van der Waals surface area contributed by atoms with Crippen LogP contribution >= 0.6 is 11.6 Å². The van der Waals surface area contributed by atoms with Gasteiger partial charge in [-0.2, -0.15) is 0 Å². The molecule has 0 bridgehead atoms. The van der Waals surface area contributed by atoms with E-state index in [9.17, 15) is 10.1 Å². The molecule has 0 saturated heterocycles. The van der Waals surface area contributed by atoms with E-state index in [1.807, 2.05) is 0 Å². The molecule has 0 radical (unpaired) electrons. The molecular weight excluding hydrogens is 256 g/mol. The summed E-state index contributed by atoms with van der Waals surface area (Å²) in [6.07, 6.45) is 2.37. The summed E-state index contributed by atoms with van der Waals surface area (Å²) in [6, 6.07) is 4.67. The van der Waals surface area contributed by atoms with Gasteiger partial charge in [-0.15, -0.1) is 0 Å². The monoisotopic (exact) mass is 270 g/mol. The minimum absolute atomic E-state index is 0.000244. The second-order valence-electron chi connectivity index (χ2n) is 4.46. The highest BCUT2D eigenvalue weighted by molar-refractivity contribution is 6.33. The molecule has 1 aromatic carbocycles. The van der Waals surface area contributed by atoms with Crippen LogP contribution in [0.2, 0.25) is 5.02 Å². The van der Waals surface area contributed by atoms with Gasteiger partial charge in [0.05, 0.1) is 28.3 Å². The Morgan fingerprint density at radius 1 is 1.61 bits per heavy atom. The van der Waals surface area contributed by atoms with Crippen LogP contribution < -0.4 is 5.32 Å². The first-order chi connectivity index (χ1) is 8.61. The lowest BCUT2D eigenvalue weighted by molar-refractivity contribution is -0.384. The second kappa shape index (κ2) is 5.54. The van der Waals surface area contributed by atoms with Crippen molar-refractivity contribution in [1.29, 1.82) is 0 Å². The smallest absolute Gasteiger partial charge is 0.271 e. The van der Waals surface area contributed by atoms with E-state index >= 15 is 0 Å².